The number of halogens is 1. The van der Waals surface area contributed by atoms with Gasteiger partial charge >= 0.3 is 0 Å². The minimum Gasteiger partial charge on any atom is -0.359 e. The summed E-state index contributed by atoms with van der Waals surface area (Å²) in [6, 6.07) is 1.98. The van der Waals surface area contributed by atoms with Crippen LogP contribution in [0.4, 0.5) is 0 Å². The van der Waals surface area contributed by atoms with E-state index in [1.54, 1.807) is 7.05 Å². The normalized spacial score (nSPS) is 16.7. The van der Waals surface area contributed by atoms with Crippen molar-refractivity contribution < 1.29 is 4.52 Å². The van der Waals surface area contributed by atoms with Crippen LogP contribution in [0.25, 0.3) is 0 Å². The summed E-state index contributed by atoms with van der Waals surface area (Å²) >= 11 is 0. The highest BCUT2D eigenvalue weighted by atomic mass is 127. The average Bonchev–Trinajstić information content (AvgIpc) is 3.04. The van der Waals surface area contributed by atoms with E-state index < -0.39 is 0 Å². The first kappa shape index (κ1) is 21.2. The molecule has 138 valence electrons. The maximum Gasteiger partial charge on any atom is 0.191 e. The number of aryl methyl sites for hydroxylation is 1. The van der Waals surface area contributed by atoms with E-state index in [0.717, 1.165) is 42.7 Å². The number of likely N-dealkylation sites (tertiary alicyclic amines) is 1. The molecule has 1 saturated heterocycles. The SMILES string of the molecule is CCc1cc(CNC(=NC)NCCCN2CCC(C)CC2)on1.I. The standard InChI is InChI=1S/C17H31N5O.HI/c1-4-15-12-16(23-21-15)13-20-17(18-3)19-8-5-9-22-10-6-14(2)7-11-22;/h12,14H,4-11,13H2,1-3H3,(H2,18,19,20);1H. The topological polar surface area (TPSA) is 65.7 Å². The molecule has 0 unspecified atom stereocenters. The Kier molecular flexibility index (Phi) is 10.3. The molecule has 0 amide bonds. The van der Waals surface area contributed by atoms with Gasteiger partial charge in [0.15, 0.2) is 11.7 Å². The van der Waals surface area contributed by atoms with Crippen LogP contribution in [-0.4, -0.2) is 49.2 Å². The second kappa shape index (κ2) is 11.7. The van der Waals surface area contributed by atoms with Gasteiger partial charge in [0.2, 0.25) is 0 Å². The molecule has 1 aliphatic rings. The number of guanidine groups is 1. The molecule has 0 bridgehead atoms. The van der Waals surface area contributed by atoms with E-state index in [4.69, 9.17) is 4.52 Å². The van der Waals surface area contributed by atoms with Crippen LogP contribution < -0.4 is 10.6 Å². The molecule has 0 spiro atoms. The quantitative estimate of drug-likeness (QED) is 0.290. The molecule has 0 aliphatic carbocycles. The van der Waals surface area contributed by atoms with Crippen molar-refractivity contribution in [2.75, 3.05) is 33.2 Å². The van der Waals surface area contributed by atoms with Crippen LogP contribution >= 0.6 is 24.0 Å². The van der Waals surface area contributed by atoms with Gasteiger partial charge in [-0.2, -0.15) is 0 Å². The largest absolute Gasteiger partial charge is 0.359 e. The molecule has 6 nitrogen and oxygen atoms in total. The lowest BCUT2D eigenvalue weighted by molar-refractivity contribution is 0.191. The fraction of sp³-hybridized carbons (Fsp3) is 0.765. The van der Waals surface area contributed by atoms with E-state index in [-0.39, 0.29) is 24.0 Å². The Hall–Kier alpha value is -0.830. The summed E-state index contributed by atoms with van der Waals surface area (Å²) < 4.78 is 5.26. The highest BCUT2D eigenvalue weighted by molar-refractivity contribution is 14.0. The lowest BCUT2D eigenvalue weighted by atomic mass is 9.99. The second-order valence-corrected chi connectivity index (χ2v) is 6.37. The molecule has 0 atom stereocenters. The highest BCUT2D eigenvalue weighted by Crippen LogP contribution is 2.15. The second-order valence-electron chi connectivity index (χ2n) is 6.37. The number of piperidine rings is 1. The predicted octanol–water partition coefficient (Wildman–Crippen LogP) is 2.64. The van der Waals surface area contributed by atoms with Crippen LogP contribution in [0.3, 0.4) is 0 Å². The Bertz CT molecular complexity index is 483. The lowest BCUT2D eigenvalue weighted by Crippen LogP contribution is -2.39. The maximum atomic E-state index is 5.26. The molecule has 7 heteroatoms. The average molecular weight is 449 g/mol. The third-order valence-electron chi connectivity index (χ3n) is 4.44. The number of hydrogen-bond donors (Lipinski definition) is 2. The number of nitrogens with zero attached hydrogens (tertiary/aromatic N) is 3. The predicted molar refractivity (Wildman–Crippen MR) is 109 cm³/mol. The van der Waals surface area contributed by atoms with Crippen LogP contribution in [0.2, 0.25) is 0 Å². The fourth-order valence-electron chi connectivity index (χ4n) is 2.79. The Morgan fingerprint density at radius 1 is 1.38 bits per heavy atom. The molecular formula is C17H32IN5O. The van der Waals surface area contributed by atoms with Crippen LogP contribution in [0.5, 0.6) is 0 Å². The Balaban J connectivity index is 0.00000288. The molecule has 1 aliphatic heterocycles. The first-order valence-electron chi connectivity index (χ1n) is 8.82. The Morgan fingerprint density at radius 3 is 2.75 bits per heavy atom. The number of rotatable bonds is 7. The van der Waals surface area contributed by atoms with Gasteiger partial charge in [-0.15, -0.1) is 24.0 Å². The van der Waals surface area contributed by atoms with E-state index in [1.807, 2.05) is 6.07 Å². The van der Waals surface area contributed by atoms with Gasteiger partial charge in [0.25, 0.3) is 0 Å². The summed E-state index contributed by atoms with van der Waals surface area (Å²) in [6.45, 7) is 9.63. The molecule has 0 saturated carbocycles. The molecule has 24 heavy (non-hydrogen) atoms. The maximum absolute atomic E-state index is 5.26. The first-order valence-corrected chi connectivity index (χ1v) is 8.82. The van der Waals surface area contributed by atoms with Crippen molar-refractivity contribution in [3.63, 3.8) is 0 Å². The van der Waals surface area contributed by atoms with Gasteiger partial charge in [-0.25, -0.2) is 0 Å². The van der Waals surface area contributed by atoms with Crippen molar-refractivity contribution in [2.45, 2.75) is 46.1 Å². The highest BCUT2D eigenvalue weighted by Gasteiger charge is 2.14. The summed E-state index contributed by atoms with van der Waals surface area (Å²) in [5.41, 5.74) is 0.987. The first-order chi connectivity index (χ1) is 11.2. The lowest BCUT2D eigenvalue weighted by Gasteiger charge is -2.30. The van der Waals surface area contributed by atoms with Crippen molar-refractivity contribution in [1.82, 2.24) is 20.7 Å². The molecule has 0 aromatic carbocycles. The Morgan fingerprint density at radius 2 is 2.12 bits per heavy atom. The van der Waals surface area contributed by atoms with E-state index >= 15 is 0 Å². The minimum absolute atomic E-state index is 0. The smallest absolute Gasteiger partial charge is 0.191 e. The molecule has 2 rings (SSSR count). The van der Waals surface area contributed by atoms with Crippen LogP contribution in [0.1, 0.15) is 44.6 Å². The zero-order valence-corrected chi connectivity index (χ0v) is 17.5. The van der Waals surface area contributed by atoms with E-state index in [9.17, 15) is 0 Å². The number of hydrogen-bond acceptors (Lipinski definition) is 4. The van der Waals surface area contributed by atoms with Crippen LogP contribution in [0.15, 0.2) is 15.6 Å². The Labute approximate surface area is 162 Å². The van der Waals surface area contributed by atoms with Crippen molar-refractivity contribution in [1.29, 1.82) is 0 Å². The van der Waals surface area contributed by atoms with E-state index in [1.165, 1.54) is 32.5 Å². The molecule has 2 heterocycles. The molecular weight excluding hydrogens is 417 g/mol. The van der Waals surface area contributed by atoms with E-state index in [2.05, 4.69) is 39.5 Å². The van der Waals surface area contributed by atoms with Gasteiger partial charge in [-0.05, 0) is 51.2 Å². The van der Waals surface area contributed by atoms with Gasteiger partial charge in [-0.3, -0.25) is 4.99 Å². The summed E-state index contributed by atoms with van der Waals surface area (Å²) in [6.07, 6.45) is 4.71. The molecule has 1 aromatic rings. The van der Waals surface area contributed by atoms with Crippen LogP contribution in [-0.2, 0) is 13.0 Å². The monoisotopic (exact) mass is 449 g/mol. The fourth-order valence-corrected chi connectivity index (χ4v) is 2.79. The van der Waals surface area contributed by atoms with Crippen molar-refractivity contribution in [3.05, 3.63) is 17.5 Å². The van der Waals surface area contributed by atoms with Crippen molar-refractivity contribution >= 4 is 29.9 Å². The van der Waals surface area contributed by atoms with Gasteiger partial charge in [-0.1, -0.05) is 19.0 Å². The summed E-state index contributed by atoms with van der Waals surface area (Å²) in [4.78, 5) is 6.81. The van der Waals surface area contributed by atoms with Crippen LogP contribution in [0, 0.1) is 5.92 Å². The summed E-state index contributed by atoms with van der Waals surface area (Å²) in [5, 5.41) is 10.6. The zero-order chi connectivity index (χ0) is 16.5. The third kappa shape index (κ3) is 7.38. The van der Waals surface area contributed by atoms with Crippen molar-refractivity contribution in [3.8, 4) is 0 Å². The van der Waals surface area contributed by atoms with Crippen molar-refractivity contribution in [2.24, 2.45) is 10.9 Å². The van der Waals surface area contributed by atoms with Gasteiger partial charge in [0.1, 0.15) is 0 Å². The molecule has 1 fully saturated rings. The number of aliphatic imine (C=N–C) groups is 1. The summed E-state index contributed by atoms with van der Waals surface area (Å²) in [7, 11) is 1.79. The number of aromatic nitrogens is 1. The van der Waals surface area contributed by atoms with Gasteiger partial charge in [0.05, 0.1) is 12.2 Å². The molecule has 0 radical (unpaired) electrons. The van der Waals surface area contributed by atoms with Gasteiger partial charge < -0.3 is 20.1 Å². The summed E-state index contributed by atoms with van der Waals surface area (Å²) in [5.74, 6) is 2.55. The number of nitrogens with one attached hydrogen (secondary N) is 2. The third-order valence-corrected chi connectivity index (χ3v) is 4.44. The molecule has 1 aromatic heterocycles. The van der Waals surface area contributed by atoms with E-state index in [0.29, 0.717) is 6.54 Å². The molecule has 2 N–H and O–H groups in total. The zero-order valence-electron chi connectivity index (χ0n) is 15.2. The minimum atomic E-state index is 0. The van der Waals surface area contributed by atoms with Gasteiger partial charge in [0, 0.05) is 19.7 Å².